The molecular formula is C25H30N4O6S2. The number of carbonyl (C=O) groups is 2. The number of benzene rings is 2. The Bertz CT molecular complexity index is 1390. The lowest BCUT2D eigenvalue weighted by molar-refractivity contribution is 0.0389. The van der Waals surface area contributed by atoms with Gasteiger partial charge in [-0.2, -0.15) is 0 Å². The Labute approximate surface area is 219 Å². The number of hydrogen-bond acceptors (Lipinski definition) is 8. The third-order valence-electron chi connectivity index (χ3n) is 6.43. The zero-order valence-corrected chi connectivity index (χ0v) is 22.7. The molecule has 0 saturated carbocycles. The molecule has 2 heterocycles. The largest absolute Gasteiger partial charge is 0.486 e. The van der Waals surface area contributed by atoms with Gasteiger partial charge in [-0.1, -0.05) is 25.1 Å². The number of amides is 2. The smallest absolute Gasteiger partial charge is 0.284 e. The highest BCUT2D eigenvalue weighted by molar-refractivity contribution is 7.88. The van der Waals surface area contributed by atoms with Crippen molar-refractivity contribution in [3.63, 3.8) is 0 Å². The number of para-hydroxylation sites is 2. The van der Waals surface area contributed by atoms with Crippen LogP contribution < -0.4 is 10.1 Å². The Balaban J connectivity index is 1.74. The van der Waals surface area contributed by atoms with E-state index in [9.17, 15) is 23.1 Å². The van der Waals surface area contributed by atoms with E-state index in [0.717, 1.165) is 11.0 Å². The maximum absolute atomic E-state index is 13.6. The monoisotopic (exact) mass is 546 g/mol. The summed E-state index contributed by atoms with van der Waals surface area (Å²) >= 11 is 1.25. The van der Waals surface area contributed by atoms with Crippen molar-refractivity contribution in [2.24, 2.45) is 5.92 Å². The molecule has 2 amide bonds. The van der Waals surface area contributed by atoms with Gasteiger partial charge in [0.2, 0.25) is 10.0 Å². The molecule has 0 radical (unpaired) electrons. The van der Waals surface area contributed by atoms with Gasteiger partial charge in [0.1, 0.15) is 6.10 Å². The number of carbonyl (C=O) groups excluding carboxylic acids is 2. The molecule has 2 aromatic carbocycles. The van der Waals surface area contributed by atoms with E-state index in [2.05, 4.69) is 10.3 Å². The first-order valence-corrected chi connectivity index (χ1v) is 14.5. The highest BCUT2D eigenvalue weighted by Gasteiger charge is 2.35. The summed E-state index contributed by atoms with van der Waals surface area (Å²) in [7, 11) is -2.03. The predicted octanol–water partition coefficient (Wildman–Crippen LogP) is 2.66. The molecule has 1 aliphatic heterocycles. The molecule has 10 nitrogen and oxygen atoms in total. The molecule has 12 heteroatoms. The van der Waals surface area contributed by atoms with Crippen LogP contribution in [0.3, 0.4) is 0 Å². The first kappa shape index (κ1) is 27.0. The highest BCUT2D eigenvalue weighted by atomic mass is 32.2. The zero-order chi connectivity index (χ0) is 26.9. The van der Waals surface area contributed by atoms with E-state index in [-0.39, 0.29) is 53.5 Å². The van der Waals surface area contributed by atoms with Crippen molar-refractivity contribution in [3.8, 4) is 5.75 Å². The fourth-order valence-corrected chi connectivity index (χ4v) is 5.37. The first-order chi connectivity index (χ1) is 17.5. The summed E-state index contributed by atoms with van der Waals surface area (Å²) in [6.45, 7) is 3.65. The van der Waals surface area contributed by atoms with Crippen molar-refractivity contribution in [2.45, 2.75) is 26.0 Å². The number of hydrogen-bond donors (Lipinski definition) is 2. The van der Waals surface area contributed by atoms with Crippen LogP contribution in [-0.4, -0.2) is 84.7 Å². The van der Waals surface area contributed by atoms with Gasteiger partial charge in [0.15, 0.2) is 10.8 Å². The first-order valence-electron chi connectivity index (χ1n) is 11.8. The number of sulfonamides is 1. The van der Waals surface area contributed by atoms with Crippen LogP contribution in [0, 0.1) is 5.92 Å². The second-order valence-electron chi connectivity index (χ2n) is 9.29. The molecule has 0 unspecified atom stereocenters. The van der Waals surface area contributed by atoms with Gasteiger partial charge in [-0.25, -0.2) is 17.7 Å². The SMILES string of the molecule is C[C@@H]1CN([C@@H](C)CO)C(=O)c2cccc(NC(=O)c3nc4ccccc4s3)c2O[C@@H]1CN(C)S(C)(=O)=O. The number of nitrogens with one attached hydrogen (secondary N) is 1. The lowest BCUT2D eigenvalue weighted by Gasteiger charge is -2.38. The molecule has 1 aromatic heterocycles. The number of ether oxygens (including phenoxy) is 1. The van der Waals surface area contributed by atoms with Gasteiger partial charge in [-0.3, -0.25) is 9.59 Å². The quantitative estimate of drug-likeness (QED) is 0.466. The van der Waals surface area contributed by atoms with Crippen LogP contribution in [0.5, 0.6) is 5.75 Å². The number of anilines is 1. The van der Waals surface area contributed by atoms with Crippen LogP contribution >= 0.6 is 11.3 Å². The van der Waals surface area contributed by atoms with E-state index in [1.807, 2.05) is 31.2 Å². The number of nitrogens with zero attached hydrogens (tertiary/aromatic N) is 3. The molecule has 1 aliphatic rings. The van der Waals surface area contributed by atoms with Gasteiger partial charge in [0.25, 0.3) is 11.8 Å². The van der Waals surface area contributed by atoms with E-state index in [4.69, 9.17) is 4.74 Å². The van der Waals surface area contributed by atoms with Crippen LogP contribution in [0.1, 0.15) is 34.0 Å². The van der Waals surface area contributed by atoms with E-state index in [1.165, 1.54) is 22.7 Å². The molecular weight excluding hydrogens is 516 g/mol. The molecule has 198 valence electrons. The normalized spacial score (nSPS) is 19.2. The van der Waals surface area contributed by atoms with Crippen LogP contribution in [-0.2, 0) is 10.0 Å². The number of fused-ring (bicyclic) bond motifs is 2. The summed E-state index contributed by atoms with van der Waals surface area (Å²) in [6, 6.07) is 11.8. The average molecular weight is 547 g/mol. The fourth-order valence-electron chi connectivity index (χ4n) is 4.09. The highest BCUT2D eigenvalue weighted by Crippen LogP contribution is 2.35. The van der Waals surface area contributed by atoms with Crippen LogP contribution in [0.15, 0.2) is 42.5 Å². The summed E-state index contributed by atoms with van der Waals surface area (Å²) in [6.07, 6.45) is 0.474. The summed E-state index contributed by atoms with van der Waals surface area (Å²) in [5, 5.41) is 12.9. The topological polar surface area (TPSA) is 129 Å². The molecule has 0 bridgehead atoms. The second kappa shape index (κ2) is 10.7. The Morgan fingerprint density at radius 2 is 2.03 bits per heavy atom. The molecule has 4 rings (SSSR count). The lowest BCUT2D eigenvalue weighted by Crippen LogP contribution is -2.50. The summed E-state index contributed by atoms with van der Waals surface area (Å²) in [5.74, 6) is -0.945. The van der Waals surface area contributed by atoms with Gasteiger partial charge in [-0.15, -0.1) is 11.3 Å². The average Bonchev–Trinajstić information content (AvgIpc) is 3.30. The molecule has 2 N–H and O–H groups in total. The van der Waals surface area contributed by atoms with E-state index >= 15 is 0 Å². The van der Waals surface area contributed by atoms with E-state index in [1.54, 1.807) is 30.0 Å². The molecule has 3 atom stereocenters. The molecule has 0 spiro atoms. The maximum Gasteiger partial charge on any atom is 0.284 e. The standard InChI is InChI=1S/C25H30N4O6S2/c1-15-12-29(16(2)14-30)25(32)17-8-7-10-19(22(17)35-20(15)13-28(3)37(4,33)34)26-23(31)24-27-18-9-5-6-11-21(18)36-24/h5-11,15-16,20,30H,12-14H2,1-4H3,(H,26,31)/t15-,16+,20-/m1/s1. The zero-order valence-electron chi connectivity index (χ0n) is 21.0. The Hall–Kier alpha value is -3.06. The van der Waals surface area contributed by atoms with E-state index < -0.39 is 28.1 Å². The van der Waals surface area contributed by atoms with Gasteiger partial charge in [0.05, 0.1) is 46.9 Å². The third-order valence-corrected chi connectivity index (χ3v) is 8.75. The number of thiazole rings is 1. The lowest BCUT2D eigenvalue weighted by atomic mass is 9.99. The van der Waals surface area contributed by atoms with Gasteiger partial charge in [0, 0.05) is 19.5 Å². The summed E-state index contributed by atoms with van der Waals surface area (Å²) in [5.41, 5.74) is 1.19. The van der Waals surface area contributed by atoms with Crippen LogP contribution in [0.4, 0.5) is 5.69 Å². The van der Waals surface area contributed by atoms with Crippen LogP contribution in [0.2, 0.25) is 0 Å². The molecule has 0 fully saturated rings. The maximum atomic E-state index is 13.6. The van der Waals surface area contributed by atoms with Gasteiger partial charge >= 0.3 is 0 Å². The second-order valence-corrected chi connectivity index (χ2v) is 12.4. The van der Waals surface area contributed by atoms with E-state index in [0.29, 0.717) is 5.52 Å². The number of likely N-dealkylation sites (N-methyl/N-ethyl adjacent to an activating group) is 1. The van der Waals surface area contributed by atoms with Crippen molar-refractivity contribution >= 4 is 49.1 Å². The minimum atomic E-state index is -3.49. The minimum Gasteiger partial charge on any atom is -0.486 e. The van der Waals surface area contributed by atoms with Gasteiger partial charge < -0.3 is 20.1 Å². The molecule has 3 aromatic rings. The van der Waals surface area contributed by atoms with Crippen molar-refractivity contribution in [3.05, 3.63) is 53.0 Å². The van der Waals surface area contributed by atoms with Crippen molar-refractivity contribution in [1.82, 2.24) is 14.2 Å². The Morgan fingerprint density at radius 1 is 1.30 bits per heavy atom. The number of aliphatic hydroxyl groups is 1. The van der Waals surface area contributed by atoms with Crippen molar-refractivity contribution < 1.29 is 27.9 Å². The predicted molar refractivity (Wildman–Crippen MR) is 143 cm³/mol. The Morgan fingerprint density at radius 3 is 2.70 bits per heavy atom. The number of aliphatic hydroxyl groups excluding tert-OH is 1. The molecule has 0 aliphatic carbocycles. The van der Waals surface area contributed by atoms with Crippen molar-refractivity contribution in [1.29, 1.82) is 0 Å². The summed E-state index contributed by atoms with van der Waals surface area (Å²) < 4.78 is 32.7. The molecule has 37 heavy (non-hydrogen) atoms. The number of aromatic nitrogens is 1. The van der Waals surface area contributed by atoms with Crippen LogP contribution in [0.25, 0.3) is 10.2 Å². The number of rotatable bonds is 7. The summed E-state index contributed by atoms with van der Waals surface area (Å²) in [4.78, 5) is 32.7. The minimum absolute atomic E-state index is 0.0368. The fraction of sp³-hybridized carbons (Fsp3) is 0.400. The molecule has 0 saturated heterocycles. The van der Waals surface area contributed by atoms with Gasteiger partial charge in [-0.05, 0) is 31.2 Å². The third kappa shape index (κ3) is 5.77. The van der Waals surface area contributed by atoms with Crippen molar-refractivity contribution in [2.75, 3.05) is 38.3 Å². The Kier molecular flexibility index (Phi) is 7.83.